The molecular formula is C11H15FN2O. The van der Waals surface area contributed by atoms with Gasteiger partial charge in [0.15, 0.2) is 11.6 Å². The van der Waals surface area contributed by atoms with Crippen LogP contribution in [0, 0.1) is 12.7 Å². The molecule has 1 heterocycles. The maximum Gasteiger partial charge on any atom is 0.176 e. The van der Waals surface area contributed by atoms with Gasteiger partial charge in [0.25, 0.3) is 0 Å². The normalized spacial score (nSPS) is 9.67. The highest BCUT2D eigenvalue weighted by Crippen LogP contribution is 2.26. The van der Waals surface area contributed by atoms with E-state index in [0.29, 0.717) is 16.6 Å². The molecule has 4 heteroatoms. The number of hydrogen-bond donors (Lipinski definition) is 1. The maximum atomic E-state index is 13.6. The fraction of sp³-hybridized carbons (Fsp3) is 0.364. The summed E-state index contributed by atoms with van der Waals surface area (Å²) in [5, 5.41) is 7.16. The van der Waals surface area contributed by atoms with Crippen molar-refractivity contribution in [3.63, 3.8) is 0 Å². The molecule has 1 aromatic heterocycles. The number of ether oxygens (including phenoxy) is 1. The number of methoxy groups -OCH3 is 1. The molecule has 1 N–H and O–H groups in total. The molecule has 1 aromatic carbocycles. The van der Waals surface area contributed by atoms with Crippen LogP contribution in [0.3, 0.4) is 0 Å². The minimum atomic E-state index is -0.355. The number of aryl methyl sites for hydroxylation is 1. The minimum Gasteiger partial charge on any atom is -0.494 e. The number of rotatable bonds is 1. The predicted molar refractivity (Wildman–Crippen MR) is 58.7 cm³/mol. The summed E-state index contributed by atoms with van der Waals surface area (Å²) >= 11 is 0. The average Bonchev–Trinajstić information content (AvgIpc) is 2.65. The third kappa shape index (κ3) is 1.93. The van der Waals surface area contributed by atoms with Gasteiger partial charge in [-0.3, -0.25) is 5.10 Å². The Labute approximate surface area is 88.3 Å². The molecule has 0 bridgehead atoms. The van der Waals surface area contributed by atoms with Gasteiger partial charge in [-0.05, 0) is 19.1 Å². The summed E-state index contributed by atoms with van der Waals surface area (Å²) in [4.78, 5) is 0. The highest BCUT2D eigenvalue weighted by molar-refractivity contribution is 5.83. The van der Waals surface area contributed by atoms with Crippen molar-refractivity contribution < 1.29 is 9.13 Å². The first kappa shape index (κ1) is 11.5. The first-order chi connectivity index (χ1) is 7.24. The molecule has 2 aromatic rings. The van der Waals surface area contributed by atoms with Gasteiger partial charge in [0.1, 0.15) is 0 Å². The number of nitrogens with one attached hydrogen (secondary N) is 1. The topological polar surface area (TPSA) is 37.9 Å². The Morgan fingerprint density at radius 1 is 1.33 bits per heavy atom. The molecule has 0 saturated carbocycles. The van der Waals surface area contributed by atoms with E-state index in [2.05, 4.69) is 10.2 Å². The highest BCUT2D eigenvalue weighted by atomic mass is 19.1. The Morgan fingerprint density at radius 2 is 2.00 bits per heavy atom. The zero-order chi connectivity index (χ0) is 11.4. The van der Waals surface area contributed by atoms with Crippen LogP contribution in [0.25, 0.3) is 10.9 Å². The van der Waals surface area contributed by atoms with Gasteiger partial charge in [-0.2, -0.15) is 5.10 Å². The van der Waals surface area contributed by atoms with E-state index in [-0.39, 0.29) is 11.6 Å². The molecule has 0 amide bonds. The molecule has 0 radical (unpaired) electrons. The molecule has 0 spiro atoms. The van der Waals surface area contributed by atoms with Crippen LogP contribution in [0.1, 0.15) is 19.5 Å². The number of nitrogens with zero attached hydrogens (tertiary/aromatic N) is 1. The third-order valence-corrected chi connectivity index (χ3v) is 2.02. The Bertz CT molecular complexity index is 451. The van der Waals surface area contributed by atoms with E-state index in [1.807, 2.05) is 13.8 Å². The minimum absolute atomic E-state index is 0.247. The fourth-order valence-corrected chi connectivity index (χ4v) is 1.35. The second-order valence-electron chi connectivity index (χ2n) is 2.82. The van der Waals surface area contributed by atoms with Crippen LogP contribution in [-0.2, 0) is 0 Å². The molecule has 0 fully saturated rings. The van der Waals surface area contributed by atoms with Crippen molar-refractivity contribution in [1.82, 2.24) is 10.2 Å². The van der Waals surface area contributed by atoms with Gasteiger partial charge in [0.2, 0.25) is 0 Å². The van der Waals surface area contributed by atoms with Crippen molar-refractivity contribution in [2.75, 3.05) is 7.11 Å². The zero-order valence-corrected chi connectivity index (χ0v) is 9.39. The van der Waals surface area contributed by atoms with Gasteiger partial charge in [-0.15, -0.1) is 0 Å². The molecular weight excluding hydrogens is 195 g/mol. The van der Waals surface area contributed by atoms with Crippen LogP contribution in [0.5, 0.6) is 5.75 Å². The van der Waals surface area contributed by atoms with Gasteiger partial charge in [0.05, 0.1) is 18.0 Å². The molecule has 2 rings (SSSR count). The van der Waals surface area contributed by atoms with E-state index in [9.17, 15) is 4.39 Å². The van der Waals surface area contributed by atoms with Crippen molar-refractivity contribution in [2.45, 2.75) is 20.8 Å². The van der Waals surface area contributed by atoms with Gasteiger partial charge in [-0.25, -0.2) is 4.39 Å². The lowest BCUT2D eigenvalue weighted by Crippen LogP contribution is -1.88. The standard InChI is InChI=1S/C9H9FN2O.C2H6/c1-5-8-6(12-11-5)3-4-7(13-2)9(8)10;1-2/h3-4H,1-2H3,(H,11,12);1-2H3. The first-order valence-electron chi connectivity index (χ1n) is 4.91. The second-order valence-corrected chi connectivity index (χ2v) is 2.82. The van der Waals surface area contributed by atoms with Crippen LogP contribution < -0.4 is 4.74 Å². The summed E-state index contributed by atoms with van der Waals surface area (Å²) in [6, 6.07) is 3.29. The van der Waals surface area contributed by atoms with Crippen molar-refractivity contribution in [3.05, 3.63) is 23.6 Å². The van der Waals surface area contributed by atoms with E-state index in [1.165, 1.54) is 7.11 Å². The quantitative estimate of drug-likeness (QED) is 0.785. The Balaban J connectivity index is 0.000000531. The van der Waals surface area contributed by atoms with Gasteiger partial charge in [-0.1, -0.05) is 13.8 Å². The number of fused-ring (bicyclic) bond motifs is 1. The number of benzene rings is 1. The molecule has 0 saturated heterocycles. The van der Waals surface area contributed by atoms with Gasteiger partial charge in [0, 0.05) is 5.69 Å². The molecule has 0 aliphatic heterocycles. The first-order valence-corrected chi connectivity index (χ1v) is 4.91. The lowest BCUT2D eigenvalue weighted by atomic mass is 10.2. The SMILES string of the molecule is CC.COc1ccc2n[nH]c(C)c2c1F. The molecule has 0 aliphatic carbocycles. The van der Waals surface area contributed by atoms with Crippen LogP contribution in [0.2, 0.25) is 0 Å². The van der Waals surface area contributed by atoms with Crippen LogP contribution in [-0.4, -0.2) is 17.3 Å². The Morgan fingerprint density at radius 3 is 2.60 bits per heavy atom. The van der Waals surface area contributed by atoms with Crippen molar-refractivity contribution in [1.29, 1.82) is 0 Å². The van der Waals surface area contributed by atoms with Crippen molar-refractivity contribution in [3.8, 4) is 5.75 Å². The van der Waals surface area contributed by atoms with Gasteiger partial charge >= 0.3 is 0 Å². The van der Waals surface area contributed by atoms with Crippen LogP contribution in [0.15, 0.2) is 12.1 Å². The predicted octanol–water partition coefficient (Wildman–Crippen LogP) is 3.05. The zero-order valence-electron chi connectivity index (χ0n) is 9.39. The summed E-state index contributed by atoms with van der Waals surface area (Å²) in [6.45, 7) is 5.78. The second kappa shape index (κ2) is 4.77. The number of hydrogen-bond acceptors (Lipinski definition) is 2. The summed E-state index contributed by atoms with van der Waals surface area (Å²) in [7, 11) is 1.44. The van der Waals surface area contributed by atoms with E-state index in [0.717, 1.165) is 0 Å². The van der Waals surface area contributed by atoms with Gasteiger partial charge < -0.3 is 4.74 Å². The number of aromatic amines is 1. The molecule has 3 nitrogen and oxygen atoms in total. The number of H-pyrrole nitrogens is 1. The smallest absolute Gasteiger partial charge is 0.176 e. The van der Waals surface area contributed by atoms with Crippen molar-refractivity contribution >= 4 is 10.9 Å². The molecule has 0 aliphatic rings. The van der Waals surface area contributed by atoms with E-state index < -0.39 is 0 Å². The van der Waals surface area contributed by atoms with Crippen LogP contribution >= 0.6 is 0 Å². The van der Waals surface area contributed by atoms with Crippen molar-refractivity contribution in [2.24, 2.45) is 0 Å². The lowest BCUT2D eigenvalue weighted by Gasteiger charge is -2.01. The van der Waals surface area contributed by atoms with E-state index in [1.54, 1.807) is 19.1 Å². The van der Waals surface area contributed by atoms with E-state index in [4.69, 9.17) is 4.74 Å². The highest BCUT2D eigenvalue weighted by Gasteiger charge is 2.11. The molecule has 0 atom stereocenters. The average molecular weight is 210 g/mol. The monoisotopic (exact) mass is 210 g/mol. The summed E-state index contributed by atoms with van der Waals surface area (Å²) in [5.41, 5.74) is 1.34. The third-order valence-electron chi connectivity index (χ3n) is 2.02. The number of halogens is 1. The molecule has 0 unspecified atom stereocenters. The lowest BCUT2D eigenvalue weighted by molar-refractivity contribution is 0.389. The van der Waals surface area contributed by atoms with Crippen LogP contribution in [0.4, 0.5) is 4.39 Å². The largest absolute Gasteiger partial charge is 0.494 e. The van der Waals surface area contributed by atoms with E-state index >= 15 is 0 Å². The Kier molecular flexibility index (Phi) is 3.66. The molecule has 15 heavy (non-hydrogen) atoms. The molecule has 82 valence electrons. The summed E-state index contributed by atoms with van der Waals surface area (Å²) in [6.07, 6.45) is 0. The summed E-state index contributed by atoms with van der Waals surface area (Å²) in [5.74, 6) is -0.108. The Hall–Kier alpha value is -1.58. The maximum absolute atomic E-state index is 13.6. The fourth-order valence-electron chi connectivity index (χ4n) is 1.35. The number of aromatic nitrogens is 2. The summed E-state index contributed by atoms with van der Waals surface area (Å²) < 4.78 is 18.4.